The zero-order valence-corrected chi connectivity index (χ0v) is 13.9. The molecule has 120 valence electrons. The molecule has 0 unspecified atom stereocenters. The summed E-state index contributed by atoms with van der Waals surface area (Å²) in [4.78, 5) is 14.3. The van der Waals surface area contributed by atoms with Crippen LogP contribution in [-0.4, -0.2) is 16.1 Å². The summed E-state index contributed by atoms with van der Waals surface area (Å²) < 4.78 is 0. The van der Waals surface area contributed by atoms with E-state index in [0.29, 0.717) is 22.0 Å². The Labute approximate surface area is 148 Å². The predicted octanol–water partition coefficient (Wildman–Crippen LogP) is 5.03. The summed E-state index contributed by atoms with van der Waals surface area (Å²) in [5, 5.41) is 19.9. The third-order valence-corrected chi connectivity index (χ3v) is 4.57. The van der Waals surface area contributed by atoms with Crippen molar-refractivity contribution in [3.05, 3.63) is 57.6 Å². The normalized spacial score (nSPS) is 10.7. The molecule has 0 aliphatic heterocycles. The summed E-state index contributed by atoms with van der Waals surface area (Å²) in [6.07, 6.45) is 0.345. The van der Waals surface area contributed by atoms with Crippen molar-refractivity contribution in [3.63, 3.8) is 0 Å². The van der Waals surface area contributed by atoms with E-state index in [-0.39, 0.29) is 6.42 Å². The number of carboxylic acids is 1. The van der Waals surface area contributed by atoms with Crippen molar-refractivity contribution >= 4 is 40.1 Å². The number of carbonyl (C=O) groups is 1. The average molecular weight is 359 g/mol. The van der Waals surface area contributed by atoms with Crippen LogP contribution in [0.5, 0.6) is 0 Å². The van der Waals surface area contributed by atoms with Crippen LogP contribution in [0.3, 0.4) is 0 Å². The van der Waals surface area contributed by atoms with Gasteiger partial charge in [-0.2, -0.15) is 5.26 Å². The highest BCUT2D eigenvalue weighted by Gasteiger charge is 2.15. The highest BCUT2D eigenvalue weighted by Crippen LogP contribution is 2.34. The minimum atomic E-state index is -0.874. The first-order chi connectivity index (χ1) is 11.5. The van der Waals surface area contributed by atoms with Crippen LogP contribution >= 0.6 is 23.2 Å². The van der Waals surface area contributed by atoms with Crippen LogP contribution in [0.25, 0.3) is 22.2 Å². The number of H-pyrrole nitrogens is 1. The number of carboxylic acid groups (broad SMARTS) is 1. The average Bonchev–Trinajstić information content (AvgIpc) is 2.93. The number of rotatable bonds is 4. The van der Waals surface area contributed by atoms with Crippen LogP contribution in [-0.2, 0) is 11.2 Å². The van der Waals surface area contributed by atoms with Crippen molar-refractivity contribution in [2.45, 2.75) is 12.8 Å². The molecule has 0 bridgehead atoms. The first-order valence-electron chi connectivity index (χ1n) is 7.21. The van der Waals surface area contributed by atoms with Gasteiger partial charge in [0.25, 0.3) is 0 Å². The van der Waals surface area contributed by atoms with E-state index in [0.717, 1.165) is 27.7 Å². The molecule has 0 radical (unpaired) electrons. The standard InChI is InChI=1S/C18H12Cl2N2O2/c19-14-4-2-11(8-15(14)20)18-12(3-6-17(23)24)13-7-10(9-21)1-5-16(13)22-18/h1-2,4-5,7-8,22H,3,6H2,(H,23,24). The van der Waals surface area contributed by atoms with E-state index in [1.165, 1.54) is 0 Å². The lowest BCUT2D eigenvalue weighted by atomic mass is 10.0. The van der Waals surface area contributed by atoms with E-state index in [1.807, 2.05) is 12.1 Å². The molecule has 0 aliphatic rings. The lowest BCUT2D eigenvalue weighted by molar-refractivity contribution is -0.136. The largest absolute Gasteiger partial charge is 0.481 e. The number of aryl methyl sites for hydroxylation is 1. The third-order valence-electron chi connectivity index (χ3n) is 3.83. The number of nitriles is 1. The van der Waals surface area contributed by atoms with Gasteiger partial charge in [0, 0.05) is 23.0 Å². The topological polar surface area (TPSA) is 76.9 Å². The van der Waals surface area contributed by atoms with Crippen LogP contribution in [0.2, 0.25) is 10.0 Å². The summed E-state index contributed by atoms with van der Waals surface area (Å²) in [6.45, 7) is 0. The molecule has 0 amide bonds. The molecule has 0 saturated carbocycles. The lowest BCUT2D eigenvalue weighted by Gasteiger charge is -2.06. The van der Waals surface area contributed by atoms with Crippen LogP contribution in [0.4, 0.5) is 0 Å². The second-order valence-electron chi connectivity index (χ2n) is 5.37. The van der Waals surface area contributed by atoms with Crippen molar-refractivity contribution < 1.29 is 9.90 Å². The molecule has 0 atom stereocenters. The van der Waals surface area contributed by atoms with Gasteiger partial charge in [-0.25, -0.2) is 0 Å². The number of hydrogen-bond donors (Lipinski definition) is 2. The summed E-state index contributed by atoms with van der Waals surface area (Å²) in [6, 6.07) is 12.7. The maximum absolute atomic E-state index is 11.0. The first-order valence-corrected chi connectivity index (χ1v) is 7.97. The van der Waals surface area contributed by atoms with Crippen molar-refractivity contribution in [1.29, 1.82) is 5.26 Å². The van der Waals surface area contributed by atoms with Gasteiger partial charge in [0.15, 0.2) is 0 Å². The fourth-order valence-corrected chi connectivity index (χ4v) is 3.00. The molecule has 3 aromatic rings. The Morgan fingerprint density at radius 2 is 1.96 bits per heavy atom. The number of halogens is 2. The summed E-state index contributed by atoms with van der Waals surface area (Å²) >= 11 is 12.1. The Kier molecular flexibility index (Phi) is 4.48. The number of hydrogen-bond acceptors (Lipinski definition) is 2. The highest BCUT2D eigenvalue weighted by molar-refractivity contribution is 6.42. The molecule has 2 aromatic carbocycles. The molecule has 24 heavy (non-hydrogen) atoms. The minimum absolute atomic E-state index is 0.00193. The molecule has 1 aromatic heterocycles. The second kappa shape index (κ2) is 6.56. The molecule has 0 fully saturated rings. The van der Waals surface area contributed by atoms with Crippen molar-refractivity contribution in [2.75, 3.05) is 0 Å². The first kappa shape index (κ1) is 16.4. The Morgan fingerprint density at radius 3 is 2.62 bits per heavy atom. The highest BCUT2D eigenvalue weighted by atomic mass is 35.5. The number of nitrogens with one attached hydrogen (secondary N) is 1. The zero-order chi connectivity index (χ0) is 17.3. The fraction of sp³-hybridized carbons (Fsp3) is 0.111. The van der Waals surface area contributed by atoms with E-state index in [9.17, 15) is 4.79 Å². The lowest BCUT2D eigenvalue weighted by Crippen LogP contribution is -1.98. The van der Waals surface area contributed by atoms with Gasteiger partial charge in [0.05, 0.1) is 21.7 Å². The molecule has 0 aliphatic carbocycles. The number of aliphatic carboxylic acids is 1. The second-order valence-corrected chi connectivity index (χ2v) is 6.19. The molecular weight excluding hydrogens is 347 g/mol. The number of aromatic nitrogens is 1. The zero-order valence-electron chi connectivity index (χ0n) is 12.4. The fourth-order valence-electron chi connectivity index (χ4n) is 2.71. The van der Waals surface area contributed by atoms with Gasteiger partial charge < -0.3 is 10.1 Å². The Hall–Kier alpha value is -2.48. The monoisotopic (exact) mass is 358 g/mol. The van der Waals surface area contributed by atoms with Gasteiger partial charge in [-0.05, 0) is 47.9 Å². The van der Waals surface area contributed by atoms with Crippen molar-refractivity contribution in [1.82, 2.24) is 4.98 Å². The van der Waals surface area contributed by atoms with Gasteiger partial charge in [0.2, 0.25) is 0 Å². The summed E-state index contributed by atoms with van der Waals surface area (Å²) in [5.74, 6) is -0.874. The molecule has 1 heterocycles. The maximum atomic E-state index is 11.0. The number of aromatic amines is 1. The number of benzene rings is 2. The van der Waals surface area contributed by atoms with Gasteiger partial charge in [-0.15, -0.1) is 0 Å². The van der Waals surface area contributed by atoms with E-state index in [2.05, 4.69) is 11.1 Å². The van der Waals surface area contributed by atoms with Crippen molar-refractivity contribution in [3.8, 4) is 17.3 Å². The molecule has 3 rings (SSSR count). The third kappa shape index (κ3) is 3.09. The van der Waals surface area contributed by atoms with Crippen LogP contribution in [0.15, 0.2) is 36.4 Å². The smallest absolute Gasteiger partial charge is 0.303 e. The van der Waals surface area contributed by atoms with E-state index < -0.39 is 5.97 Å². The van der Waals surface area contributed by atoms with E-state index >= 15 is 0 Å². The quantitative estimate of drug-likeness (QED) is 0.686. The molecule has 0 spiro atoms. The Balaban J connectivity index is 2.21. The molecule has 0 saturated heterocycles. The van der Waals surface area contributed by atoms with Crippen molar-refractivity contribution in [2.24, 2.45) is 0 Å². The summed E-state index contributed by atoms with van der Waals surface area (Å²) in [5.41, 5.74) is 3.83. The van der Waals surface area contributed by atoms with E-state index in [1.54, 1.807) is 24.3 Å². The van der Waals surface area contributed by atoms with Crippen LogP contribution < -0.4 is 0 Å². The molecule has 6 heteroatoms. The Morgan fingerprint density at radius 1 is 1.17 bits per heavy atom. The number of fused-ring (bicyclic) bond motifs is 1. The SMILES string of the molecule is N#Cc1ccc2[nH]c(-c3ccc(Cl)c(Cl)c3)c(CCC(=O)O)c2c1. The van der Waals surface area contributed by atoms with Gasteiger partial charge >= 0.3 is 5.97 Å². The Bertz CT molecular complexity index is 987. The van der Waals surface area contributed by atoms with Gasteiger partial charge in [-0.3, -0.25) is 4.79 Å². The van der Waals surface area contributed by atoms with Gasteiger partial charge in [0.1, 0.15) is 0 Å². The molecular formula is C18H12Cl2N2O2. The van der Waals surface area contributed by atoms with Crippen LogP contribution in [0.1, 0.15) is 17.5 Å². The predicted molar refractivity (Wildman–Crippen MR) is 94.4 cm³/mol. The molecule has 2 N–H and O–H groups in total. The van der Waals surface area contributed by atoms with E-state index in [4.69, 9.17) is 33.6 Å². The van der Waals surface area contributed by atoms with Gasteiger partial charge in [-0.1, -0.05) is 29.3 Å². The maximum Gasteiger partial charge on any atom is 0.303 e. The molecule has 4 nitrogen and oxygen atoms in total. The minimum Gasteiger partial charge on any atom is -0.481 e. The summed E-state index contributed by atoms with van der Waals surface area (Å²) in [7, 11) is 0. The van der Waals surface area contributed by atoms with Crippen LogP contribution in [0, 0.1) is 11.3 Å². The number of nitrogens with zero attached hydrogens (tertiary/aromatic N) is 1.